The van der Waals surface area contributed by atoms with Crippen LogP contribution in [0.25, 0.3) is 22.3 Å². The monoisotopic (exact) mass is 434 g/mol. The van der Waals surface area contributed by atoms with Gasteiger partial charge in [0, 0.05) is 43.2 Å². The van der Waals surface area contributed by atoms with E-state index in [1.165, 1.54) is 0 Å². The minimum atomic E-state index is -0.189. The summed E-state index contributed by atoms with van der Waals surface area (Å²) in [4.78, 5) is 18.3. The van der Waals surface area contributed by atoms with Gasteiger partial charge in [-0.2, -0.15) is 15.3 Å². The van der Waals surface area contributed by atoms with E-state index in [4.69, 9.17) is 4.98 Å². The van der Waals surface area contributed by atoms with Crippen molar-refractivity contribution in [3.05, 3.63) is 46.2 Å². The molecule has 4 aromatic rings. The Morgan fingerprint density at radius 3 is 2.38 bits per heavy atom. The first-order valence-electron chi connectivity index (χ1n) is 10.8. The van der Waals surface area contributed by atoms with Crippen molar-refractivity contribution in [1.29, 1.82) is 0 Å². The summed E-state index contributed by atoms with van der Waals surface area (Å²) in [5.74, 6) is -0.167. The molecule has 0 bridgehead atoms. The summed E-state index contributed by atoms with van der Waals surface area (Å²) in [6, 6.07) is 1.66. The molecule has 1 amide bonds. The number of aromatic nitrogens is 7. The molecule has 9 heteroatoms. The Labute approximate surface area is 187 Å². The van der Waals surface area contributed by atoms with Gasteiger partial charge in [0.15, 0.2) is 5.65 Å². The molecular formula is C23H30N8O. The highest BCUT2D eigenvalue weighted by Gasteiger charge is 2.23. The van der Waals surface area contributed by atoms with Crippen LogP contribution in [0.4, 0.5) is 0 Å². The number of carbonyl (C=O) groups is 1. The number of rotatable bonds is 5. The van der Waals surface area contributed by atoms with Crippen LogP contribution in [0.15, 0.2) is 12.3 Å². The van der Waals surface area contributed by atoms with E-state index in [9.17, 15) is 4.79 Å². The maximum absolute atomic E-state index is 13.5. The molecule has 32 heavy (non-hydrogen) atoms. The second-order valence-electron chi connectivity index (χ2n) is 8.33. The van der Waals surface area contributed by atoms with Crippen molar-refractivity contribution in [2.75, 3.05) is 0 Å². The zero-order valence-corrected chi connectivity index (χ0v) is 20.0. The predicted octanol–water partition coefficient (Wildman–Crippen LogP) is 3.31. The first kappa shape index (κ1) is 21.7. The van der Waals surface area contributed by atoms with Crippen molar-refractivity contribution >= 4 is 16.9 Å². The molecule has 0 fully saturated rings. The first-order valence-corrected chi connectivity index (χ1v) is 10.8. The van der Waals surface area contributed by atoms with E-state index in [1.54, 1.807) is 10.9 Å². The van der Waals surface area contributed by atoms with Crippen LogP contribution in [0.1, 0.15) is 58.6 Å². The molecule has 9 nitrogen and oxygen atoms in total. The van der Waals surface area contributed by atoms with Crippen LogP contribution in [-0.2, 0) is 20.6 Å². The normalized spacial score (nSPS) is 12.5. The molecule has 4 heterocycles. The third-order valence-corrected chi connectivity index (χ3v) is 6.23. The predicted molar refractivity (Wildman–Crippen MR) is 123 cm³/mol. The van der Waals surface area contributed by atoms with Gasteiger partial charge in [-0.05, 0) is 47.6 Å². The summed E-state index contributed by atoms with van der Waals surface area (Å²) in [6.45, 7) is 12.8. The van der Waals surface area contributed by atoms with Crippen LogP contribution in [0, 0.1) is 27.7 Å². The Balaban J connectivity index is 1.80. The topological polar surface area (TPSA) is 95.5 Å². The molecule has 4 aromatic heterocycles. The van der Waals surface area contributed by atoms with Crippen LogP contribution in [-0.4, -0.2) is 40.2 Å². The third kappa shape index (κ3) is 3.37. The molecule has 0 aliphatic heterocycles. The molecule has 168 valence electrons. The summed E-state index contributed by atoms with van der Waals surface area (Å²) >= 11 is 0. The van der Waals surface area contributed by atoms with E-state index in [0.29, 0.717) is 11.2 Å². The number of pyridine rings is 1. The summed E-state index contributed by atoms with van der Waals surface area (Å²) in [6.07, 6.45) is 1.70. The Morgan fingerprint density at radius 2 is 1.78 bits per heavy atom. The number of aryl methyl sites for hydroxylation is 5. The smallest absolute Gasteiger partial charge is 0.252 e. The number of hydrogen-bond acceptors (Lipinski definition) is 5. The number of nitrogens with zero attached hydrogens (tertiary/aromatic N) is 7. The molecule has 0 radical (unpaired) electrons. The number of hydrogen-bond donors (Lipinski definition) is 1. The van der Waals surface area contributed by atoms with Crippen LogP contribution in [0.5, 0.6) is 0 Å². The number of amides is 1. The molecule has 0 spiro atoms. The average Bonchev–Trinajstić information content (AvgIpc) is 3.34. The van der Waals surface area contributed by atoms with Crippen LogP contribution >= 0.6 is 0 Å². The van der Waals surface area contributed by atoms with Crippen molar-refractivity contribution in [3.8, 4) is 11.3 Å². The van der Waals surface area contributed by atoms with Crippen LogP contribution in [0.3, 0.4) is 0 Å². The Bertz CT molecular complexity index is 1340. The highest BCUT2D eigenvalue weighted by Crippen LogP contribution is 2.30. The van der Waals surface area contributed by atoms with E-state index in [1.807, 2.05) is 64.1 Å². The van der Waals surface area contributed by atoms with E-state index >= 15 is 0 Å². The summed E-state index contributed by atoms with van der Waals surface area (Å²) < 4.78 is 5.49. The highest BCUT2D eigenvalue weighted by molar-refractivity contribution is 6.06. The van der Waals surface area contributed by atoms with Crippen molar-refractivity contribution in [1.82, 2.24) is 39.6 Å². The summed E-state index contributed by atoms with van der Waals surface area (Å²) in [5.41, 5.74) is 7.80. The van der Waals surface area contributed by atoms with Crippen LogP contribution in [0.2, 0.25) is 0 Å². The maximum Gasteiger partial charge on any atom is 0.252 e. The fraction of sp³-hybridized carbons (Fsp3) is 0.435. The standard InChI is InChI=1S/C23H30N8O/c1-9-31-16(6)21(14(4)28-31)19-10-17(18-11-24-30(8)22(18)26-19)23(32)25-12(2)20-13(3)27-29(7)15(20)5/h10-12H,9H2,1-8H3,(H,25,32). The molecule has 1 N–H and O–H groups in total. The van der Waals surface area contributed by atoms with Gasteiger partial charge < -0.3 is 5.32 Å². The average molecular weight is 435 g/mol. The molecule has 4 rings (SSSR count). The van der Waals surface area contributed by atoms with Crippen molar-refractivity contribution in [2.45, 2.75) is 54.1 Å². The third-order valence-electron chi connectivity index (χ3n) is 6.23. The van der Waals surface area contributed by atoms with Gasteiger partial charge in [0.2, 0.25) is 0 Å². The van der Waals surface area contributed by atoms with Gasteiger partial charge in [-0.15, -0.1) is 0 Å². The lowest BCUT2D eigenvalue weighted by molar-refractivity contribution is 0.0941. The summed E-state index contributed by atoms with van der Waals surface area (Å²) in [7, 11) is 3.75. The number of nitrogens with one attached hydrogen (secondary N) is 1. The first-order chi connectivity index (χ1) is 15.1. The second-order valence-corrected chi connectivity index (χ2v) is 8.33. The van der Waals surface area contributed by atoms with Crippen molar-refractivity contribution in [3.63, 3.8) is 0 Å². The Morgan fingerprint density at radius 1 is 1.06 bits per heavy atom. The molecule has 0 aliphatic carbocycles. The van der Waals surface area contributed by atoms with Gasteiger partial charge in [-0.3, -0.25) is 18.8 Å². The van der Waals surface area contributed by atoms with Crippen molar-refractivity contribution in [2.24, 2.45) is 14.1 Å². The fourth-order valence-corrected chi connectivity index (χ4v) is 4.57. The van der Waals surface area contributed by atoms with E-state index in [2.05, 4.69) is 27.5 Å². The van der Waals surface area contributed by atoms with E-state index < -0.39 is 0 Å². The molecule has 0 saturated carbocycles. The van der Waals surface area contributed by atoms with Gasteiger partial charge in [0.1, 0.15) is 0 Å². The SMILES string of the molecule is CCn1nc(C)c(-c2cc(C(=O)NC(C)c3c(C)nn(C)c3C)c3cnn(C)c3n2)c1C. The number of carbonyl (C=O) groups excluding carboxylic acids is 1. The Kier molecular flexibility index (Phi) is 5.36. The molecule has 1 atom stereocenters. The van der Waals surface area contributed by atoms with Crippen LogP contribution < -0.4 is 5.32 Å². The minimum Gasteiger partial charge on any atom is -0.345 e. The molecule has 0 saturated heterocycles. The second kappa shape index (κ2) is 7.89. The minimum absolute atomic E-state index is 0.167. The van der Waals surface area contributed by atoms with Gasteiger partial charge in [-0.1, -0.05) is 0 Å². The van der Waals surface area contributed by atoms with Gasteiger partial charge in [-0.25, -0.2) is 4.98 Å². The lowest BCUT2D eigenvalue weighted by Crippen LogP contribution is -2.27. The van der Waals surface area contributed by atoms with Gasteiger partial charge >= 0.3 is 0 Å². The fourth-order valence-electron chi connectivity index (χ4n) is 4.57. The molecule has 1 unspecified atom stereocenters. The van der Waals surface area contributed by atoms with Gasteiger partial charge in [0.05, 0.1) is 40.3 Å². The molecule has 0 aliphatic rings. The summed E-state index contributed by atoms with van der Waals surface area (Å²) in [5, 5.41) is 17.3. The molecular weight excluding hydrogens is 404 g/mol. The number of fused-ring (bicyclic) bond motifs is 1. The quantitative estimate of drug-likeness (QED) is 0.520. The highest BCUT2D eigenvalue weighted by atomic mass is 16.1. The lowest BCUT2D eigenvalue weighted by Gasteiger charge is -2.16. The van der Waals surface area contributed by atoms with E-state index in [0.717, 1.165) is 51.5 Å². The van der Waals surface area contributed by atoms with E-state index in [-0.39, 0.29) is 11.9 Å². The molecule has 0 aromatic carbocycles. The maximum atomic E-state index is 13.5. The largest absolute Gasteiger partial charge is 0.345 e. The lowest BCUT2D eigenvalue weighted by atomic mass is 10.0. The zero-order valence-electron chi connectivity index (χ0n) is 20.0. The zero-order chi connectivity index (χ0) is 23.3. The van der Waals surface area contributed by atoms with Crippen molar-refractivity contribution < 1.29 is 4.79 Å². The van der Waals surface area contributed by atoms with Gasteiger partial charge in [0.25, 0.3) is 5.91 Å². The Hall–Kier alpha value is -3.49.